The quantitative estimate of drug-likeness (QED) is 0.664. The first-order valence-corrected chi connectivity index (χ1v) is 6.39. The molecule has 1 aromatic heterocycles. The fourth-order valence-electron chi connectivity index (χ4n) is 2.64. The van der Waals surface area contributed by atoms with Crippen molar-refractivity contribution in [3.05, 3.63) is 22.2 Å². The predicted octanol–water partition coefficient (Wildman–Crippen LogP) is 1.31. The summed E-state index contributed by atoms with van der Waals surface area (Å²) >= 11 is 0. The number of nitrogens with zero attached hydrogens (tertiary/aromatic N) is 4. The van der Waals surface area contributed by atoms with Gasteiger partial charge in [0.1, 0.15) is 0 Å². The van der Waals surface area contributed by atoms with Crippen molar-refractivity contribution in [3.63, 3.8) is 0 Å². The number of rotatable bonds is 3. The zero-order valence-electron chi connectivity index (χ0n) is 11.1. The van der Waals surface area contributed by atoms with Gasteiger partial charge in [-0.05, 0) is 34.8 Å². The summed E-state index contributed by atoms with van der Waals surface area (Å²) in [6.45, 7) is 4.38. The average Bonchev–Trinajstić information content (AvgIpc) is 3.04. The molecular weight excluding hydrogens is 262 g/mol. The summed E-state index contributed by atoms with van der Waals surface area (Å²) in [5, 5.41) is 18.4. The number of non-ortho nitro benzene ring substituents is 1. The van der Waals surface area contributed by atoms with E-state index in [4.69, 9.17) is 5.73 Å². The molecule has 1 saturated heterocycles. The Balaban J connectivity index is 2.04. The van der Waals surface area contributed by atoms with E-state index in [0.29, 0.717) is 12.1 Å². The molecule has 1 unspecified atom stereocenters. The van der Waals surface area contributed by atoms with Crippen molar-refractivity contribution in [3.8, 4) is 0 Å². The largest absolute Gasteiger partial charge is 0.369 e. The molecular formula is C12H15N5O3. The van der Waals surface area contributed by atoms with Crippen molar-refractivity contribution in [2.45, 2.75) is 13.3 Å². The summed E-state index contributed by atoms with van der Waals surface area (Å²) in [6.07, 6.45) is 0.979. The maximum atomic E-state index is 11.0. The van der Waals surface area contributed by atoms with Crippen molar-refractivity contribution in [2.24, 2.45) is 11.1 Å². The lowest BCUT2D eigenvalue weighted by atomic mass is 9.90. The van der Waals surface area contributed by atoms with E-state index in [2.05, 4.69) is 26.8 Å². The van der Waals surface area contributed by atoms with Crippen LogP contribution in [0.3, 0.4) is 0 Å². The average molecular weight is 277 g/mol. The highest BCUT2D eigenvalue weighted by molar-refractivity contribution is 5.93. The highest BCUT2D eigenvalue weighted by Crippen LogP contribution is 2.37. The van der Waals surface area contributed by atoms with Crippen LogP contribution in [0.1, 0.15) is 13.3 Å². The second kappa shape index (κ2) is 4.41. The van der Waals surface area contributed by atoms with E-state index in [1.165, 1.54) is 6.07 Å². The number of nitro groups is 1. The minimum absolute atomic E-state index is 0.0608. The summed E-state index contributed by atoms with van der Waals surface area (Å²) in [5.74, 6) is 0. The summed E-state index contributed by atoms with van der Waals surface area (Å²) in [7, 11) is 0. The second-order valence-corrected chi connectivity index (χ2v) is 5.51. The maximum absolute atomic E-state index is 11.0. The van der Waals surface area contributed by atoms with E-state index in [1.807, 2.05) is 0 Å². The van der Waals surface area contributed by atoms with Crippen molar-refractivity contribution < 1.29 is 9.55 Å². The molecule has 2 aromatic rings. The molecule has 20 heavy (non-hydrogen) atoms. The molecule has 1 aliphatic heterocycles. The Bertz CT molecular complexity index is 670. The van der Waals surface area contributed by atoms with Crippen molar-refractivity contribution in [1.29, 1.82) is 0 Å². The smallest absolute Gasteiger partial charge is 0.300 e. The summed E-state index contributed by atoms with van der Waals surface area (Å²) in [4.78, 5) is 12.6. The third kappa shape index (κ3) is 1.88. The van der Waals surface area contributed by atoms with Gasteiger partial charge in [0.25, 0.3) is 0 Å². The number of nitro benzene ring substituents is 1. The molecule has 3 rings (SSSR count). The minimum atomic E-state index is -0.482. The van der Waals surface area contributed by atoms with E-state index in [0.717, 1.165) is 25.2 Å². The number of fused-ring (bicyclic) bond motifs is 1. The van der Waals surface area contributed by atoms with Crippen LogP contribution < -0.4 is 10.6 Å². The Kier molecular flexibility index (Phi) is 2.82. The molecule has 2 heterocycles. The minimum Gasteiger partial charge on any atom is -0.369 e. The van der Waals surface area contributed by atoms with Crippen LogP contribution in [0.25, 0.3) is 11.0 Å². The third-order valence-corrected chi connectivity index (χ3v) is 3.96. The van der Waals surface area contributed by atoms with Gasteiger partial charge in [-0.25, -0.2) is 4.63 Å². The number of hydrogen-bond acceptors (Lipinski definition) is 7. The van der Waals surface area contributed by atoms with Crippen LogP contribution in [0.15, 0.2) is 16.8 Å². The second-order valence-electron chi connectivity index (χ2n) is 5.51. The third-order valence-electron chi connectivity index (χ3n) is 3.96. The Morgan fingerprint density at radius 3 is 2.90 bits per heavy atom. The Hall–Kier alpha value is -2.22. The highest BCUT2D eigenvalue weighted by atomic mass is 16.6. The normalized spacial score (nSPS) is 22.6. The fraction of sp³-hybridized carbons (Fsp3) is 0.500. The van der Waals surface area contributed by atoms with Gasteiger partial charge in [-0.1, -0.05) is 6.92 Å². The van der Waals surface area contributed by atoms with Crippen molar-refractivity contribution in [1.82, 2.24) is 10.3 Å². The van der Waals surface area contributed by atoms with Crippen LogP contribution in [-0.4, -0.2) is 34.9 Å². The fourth-order valence-corrected chi connectivity index (χ4v) is 2.64. The lowest BCUT2D eigenvalue weighted by Gasteiger charge is -2.23. The standard InChI is InChI=1S/C12H15N5O3/c1-12(6-13)4-5-16(7-12)8-2-3-9(17(18)19)11-10(8)14-20-15-11/h2-3H,4-7,13H2,1H3. The van der Waals surface area contributed by atoms with Crippen LogP contribution in [-0.2, 0) is 0 Å². The first-order chi connectivity index (χ1) is 9.54. The van der Waals surface area contributed by atoms with E-state index in [-0.39, 0.29) is 16.6 Å². The summed E-state index contributed by atoms with van der Waals surface area (Å²) < 4.78 is 4.68. The molecule has 1 aromatic carbocycles. The van der Waals surface area contributed by atoms with Gasteiger partial charge in [0.15, 0.2) is 5.52 Å². The van der Waals surface area contributed by atoms with Crippen molar-refractivity contribution >= 4 is 22.4 Å². The van der Waals surface area contributed by atoms with Crippen LogP contribution in [0.4, 0.5) is 11.4 Å². The van der Waals surface area contributed by atoms with Crippen molar-refractivity contribution in [2.75, 3.05) is 24.5 Å². The number of nitrogens with two attached hydrogens (primary N) is 1. The maximum Gasteiger partial charge on any atom is 0.300 e. The summed E-state index contributed by atoms with van der Waals surface area (Å²) in [5.41, 5.74) is 7.20. The first-order valence-electron chi connectivity index (χ1n) is 6.39. The van der Waals surface area contributed by atoms with E-state index in [9.17, 15) is 10.1 Å². The molecule has 8 nitrogen and oxygen atoms in total. The monoisotopic (exact) mass is 277 g/mol. The van der Waals surface area contributed by atoms with Crippen LogP contribution in [0.2, 0.25) is 0 Å². The number of anilines is 1. The Labute approximate surface area is 114 Å². The SMILES string of the molecule is CC1(CN)CCN(c2ccc([N+](=O)[O-])c3nonc23)C1. The van der Waals surface area contributed by atoms with Gasteiger partial charge < -0.3 is 10.6 Å². The van der Waals surface area contributed by atoms with Gasteiger partial charge in [-0.2, -0.15) is 0 Å². The van der Waals surface area contributed by atoms with Crippen LogP contribution in [0, 0.1) is 15.5 Å². The molecule has 0 saturated carbocycles. The topological polar surface area (TPSA) is 111 Å². The van der Waals surface area contributed by atoms with Gasteiger partial charge >= 0.3 is 5.69 Å². The molecule has 1 aliphatic rings. The zero-order chi connectivity index (χ0) is 14.3. The first kappa shape index (κ1) is 12.8. The van der Waals surface area contributed by atoms with Gasteiger partial charge in [-0.3, -0.25) is 10.1 Å². The van der Waals surface area contributed by atoms with Gasteiger partial charge in [0.05, 0.1) is 10.6 Å². The van der Waals surface area contributed by atoms with Crippen LogP contribution >= 0.6 is 0 Å². The predicted molar refractivity (Wildman–Crippen MR) is 72.4 cm³/mol. The van der Waals surface area contributed by atoms with E-state index in [1.54, 1.807) is 6.07 Å². The molecule has 0 bridgehead atoms. The Morgan fingerprint density at radius 1 is 1.50 bits per heavy atom. The highest BCUT2D eigenvalue weighted by Gasteiger charge is 2.34. The van der Waals surface area contributed by atoms with Gasteiger partial charge in [-0.15, -0.1) is 0 Å². The molecule has 8 heteroatoms. The van der Waals surface area contributed by atoms with Gasteiger partial charge in [0, 0.05) is 19.2 Å². The zero-order valence-corrected chi connectivity index (χ0v) is 11.1. The van der Waals surface area contributed by atoms with E-state index < -0.39 is 4.92 Å². The molecule has 0 amide bonds. The number of hydrogen-bond donors (Lipinski definition) is 1. The molecule has 1 atom stereocenters. The molecule has 0 radical (unpaired) electrons. The molecule has 0 aliphatic carbocycles. The summed E-state index contributed by atoms with van der Waals surface area (Å²) in [6, 6.07) is 3.15. The van der Waals surface area contributed by atoms with Crippen LogP contribution in [0.5, 0.6) is 0 Å². The lowest BCUT2D eigenvalue weighted by Crippen LogP contribution is -2.31. The van der Waals surface area contributed by atoms with Gasteiger partial charge in [0.2, 0.25) is 5.52 Å². The number of aromatic nitrogens is 2. The molecule has 2 N–H and O–H groups in total. The number of benzene rings is 1. The molecule has 0 spiro atoms. The van der Waals surface area contributed by atoms with E-state index >= 15 is 0 Å². The lowest BCUT2D eigenvalue weighted by molar-refractivity contribution is -0.383. The molecule has 106 valence electrons. The molecule has 1 fully saturated rings. The Morgan fingerprint density at radius 2 is 2.25 bits per heavy atom.